The lowest BCUT2D eigenvalue weighted by Crippen LogP contribution is -2.29. The smallest absolute Gasteiger partial charge is 0.240 e. The largest absolute Gasteiger partial charge is 0.497 e. The van der Waals surface area contributed by atoms with Crippen LogP contribution in [0.1, 0.15) is 30.6 Å². The third kappa shape index (κ3) is 5.69. The number of hydrogen-bond donors (Lipinski definition) is 1. The highest BCUT2D eigenvalue weighted by atomic mass is 32.2. The Morgan fingerprint density at radius 2 is 1.89 bits per heavy atom. The topological polar surface area (TPSA) is 73.9 Å². The average molecular weight is 394 g/mol. The van der Waals surface area contributed by atoms with E-state index in [-0.39, 0.29) is 11.4 Å². The minimum atomic E-state index is -3.67. The van der Waals surface area contributed by atoms with Crippen LogP contribution in [0.2, 0.25) is 0 Å². The van der Waals surface area contributed by atoms with Gasteiger partial charge < -0.3 is 14.2 Å². The van der Waals surface area contributed by atoms with E-state index in [1.165, 1.54) is 0 Å². The fourth-order valence-electron chi connectivity index (χ4n) is 2.61. The maximum absolute atomic E-state index is 12.7. The lowest BCUT2D eigenvalue weighted by atomic mass is 10.1. The Morgan fingerprint density at radius 3 is 2.52 bits per heavy atom. The summed E-state index contributed by atoms with van der Waals surface area (Å²) in [7, 11) is -0.538. The number of rotatable bonds is 10. The van der Waals surface area contributed by atoms with E-state index in [2.05, 4.69) is 4.72 Å². The molecule has 0 radical (unpaired) electrons. The van der Waals surface area contributed by atoms with E-state index >= 15 is 0 Å². The van der Waals surface area contributed by atoms with E-state index < -0.39 is 16.1 Å². The molecule has 0 saturated carbocycles. The van der Waals surface area contributed by atoms with Gasteiger partial charge in [-0.2, -0.15) is 0 Å². The number of sulfonamides is 1. The molecule has 7 heteroatoms. The van der Waals surface area contributed by atoms with Crippen molar-refractivity contribution >= 4 is 10.0 Å². The molecule has 0 aromatic heterocycles. The Hall–Kier alpha value is -2.09. The van der Waals surface area contributed by atoms with Crippen LogP contribution in [0.25, 0.3) is 0 Å². The molecule has 2 aromatic carbocycles. The van der Waals surface area contributed by atoms with Crippen molar-refractivity contribution < 1.29 is 22.6 Å². The maximum atomic E-state index is 12.7. The van der Waals surface area contributed by atoms with Gasteiger partial charge in [0, 0.05) is 13.7 Å². The van der Waals surface area contributed by atoms with E-state index in [0.29, 0.717) is 18.1 Å². The van der Waals surface area contributed by atoms with Crippen LogP contribution in [0.5, 0.6) is 11.5 Å². The predicted molar refractivity (Wildman–Crippen MR) is 105 cm³/mol. The first-order valence-electron chi connectivity index (χ1n) is 8.81. The Morgan fingerprint density at radius 1 is 1.11 bits per heavy atom. The molecule has 0 saturated heterocycles. The molecular formula is C20H27NO5S. The van der Waals surface area contributed by atoms with Crippen molar-refractivity contribution in [2.45, 2.75) is 31.3 Å². The first-order chi connectivity index (χ1) is 12.9. The highest BCUT2D eigenvalue weighted by molar-refractivity contribution is 7.89. The molecule has 1 N–H and O–H groups in total. The lowest BCUT2D eigenvalue weighted by molar-refractivity contribution is 0.107. The Bertz CT molecular complexity index is 851. The SMILES string of the molecule is CCCOc1ccc(S(=O)(=O)NCC(OC)c2cccc(OC)c2)cc1C. The molecule has 0 amide bonds. The second kappa shape index (κ2) is 9.73. The van der Waals surface area contributed by atoms with Crippen molar-refractivity contribution in [1.82, 2.24) is 4.72 Å². The molecule has 27 heavy (non-hydrogen) atoms. The van der Waals surface area contributed by atoms with Gasteiger partial charge in [0.2, 0.25) is 10.0 Å². The van der Waals surface area contributed by atoms with Crippen LogP contribution in [-0.4, -0.2) is 35.8 Å². The second-order valence-corrected chi connectivity index (χ2v) is 7.90. The van der Waals surface area contributed by atoms with Crippen LogP contribution in [-0.2, 0) is 14.8 Å². The zero-order valence-corrected chi connectivity index (χ0v) is 17.0. The third-order valence-corrected chi connectivity index (χ3v) is 5.55. The molecule has 0 aliphatic carbocycles. The zero-order chi connectivity index (χ0) is 19.9. The highest BCUT2D eigenvalue weighted by Gasteiger charge is 2.19. The molecule has 2 aromatic rings. The van der Waals surface area contributed by atoms with Gasteiger partial charge in [0.15, 0.2) is 0 Å². The van der Waals surface area contributed by atoms with Gasteiger partial charge in [-0.25, -0.2) is 13.1 Å². The van der Waals surface area contributed by atoms with Gasteiger partial charge in [-0.3, -0.25) is 0 Å². The molecule has 0 bridgehead atoms. The van der Waals surface area contributed by atoms with E-state index in [4.69, 9.17) is 14.2 Å². The van der Waals surface area contributed by atoms with Gasteiger partial charge in [0.25, 0.3) is 0 Å². The number of hydrogen-bond acceptors (Lipinski definition) is 5. The normalized spacial score (nSPS) is 12.6. The summed E-state index contributed by atoms with van der Waals surface area (Å²) in [5.74, 6) is 1.39. The van der Waals surface area contributed by atoms with Gasteiger partial charge in [0.1, 0.15) is 11.5 Å². The Labute approximate surface area is 161 Å². The van der Waals surface area contributed by atoms with Crippen LogP contribution in [0.4, 0.5) is 0 Å². The molecule has 0 aliphatic heterocycles. The summed E-state index contributed by atoms with van der Waals surface area (Å²) >= 11 is 0. The summed E-state index contributed by atoms with van der Waals surface area (Å²) in [5, 5.41) is 0. The van der Waals surface area contributed by atoms with Gasteiger partial charge in [-0.15, -0.1) is 0 Å². The Kier molecular flexibility index (Phi) is 7.65. The summed E-state index contributed by atoms with van der Waals surface area (Å²) in [5.41, 5.74) is 1.61. The molecule has 0 aliphatic rings. The van der Waals surface area contributed by atoms with Crippen LogP contribution < -0.4 is 14.2 Å². The van der Waals surface area contributed by atoms with Crippen LogP contribution in [0.3, 0.4) is 0 Å². The number of methoxy groups -OCH3 is 2. The average Bonchev–Trinajstić information content (AvgIpc) is 2.67. The van der Waals surface area contributed by atoms with Gasteiger partial charge >= 0.3 is 0 Å². The maximum Gasteiger partial charge on any atom is 0.240 e. The molecule has 148 valence electrons. The molecule has 1 atom stereocenters. The zero-order valence-electron chi connectivity index (χ0n) is 16.2. The first-order valence-corrected chi connectivity index (χ1v) is 10.3. The number of nitrogens with one attached hydrogen (secondary N) is 1. The van der Waals surface area contributed by atoms with Crippen molar-refractivity contribution in [3.8, 4) is 11.5 Å². The minimum absolute atomic E-state index is 0.110. The number of aryl methyl sites for hydroxylation is 1. The quantitative estimate of drug-likeness (QED) is 0.669. The van der Waals surface area contributed by atoms with Gasteiger partial charge in [-0.05, 0) is 54.8 Å². The molecule has 0 spiro atoms. The fraction of sp³-hybridized carbons (Fsp3) is 0.400. The fourth-order valence-corrected chi connectivity index (χ4v) is 3.73. The molecule has 6 nitrogen and oxygen atoms in total. The second-order valence-electron chi connectivity index (χ2n) is 6.13. The molecular weight excluding hydrogens is 366 g/mol. The number of ether oxygens (including phenoxy) is 3. The monoisotopic (exact) mass is 393 g/mol. The first kappa shape index (κ1) is 21.2. The Balaban J connectivity index is 2.11. The molecule has 0 heterocycles. The van der Waals surface area contributed by atoms with E-state index in [1.54, 1.807) is 32.4 Å². The van der Waals surface area contributed by atoms with Crippen LogP contribution in [0.15, 0.2) is 47.4 Å². The summed E-state index contributed by atoms with van der Waals surface area (Å²) in [6.07, 6.45) is 0.465. The molecule has 0 fully saturated rings. The van der Waals surface area contributed by atoms with Crippen LogP contribution in [0, 0.1) is 6.92 Å². The van der Waals surface area contributed by atoms with E-state index in [9.17, 15) is 8.42 Å². The summed E-state index contributed by atoms with van der Waals surface area (Å²) < 4.78 is 44.2. The van der Waals surface area contributed by atoms with Crippen molar-refractivity contribution in [2.75, 3.05) is 27.4 Å². The summed E-state index contributed by atoms with van der Waals surface area (Å²) in [6.45, 7) is 4.56. The third-order valence-electron chi connectivity index (χ3n) is 4.13. The summed E-state index contributed by atoms with van der Waals surface area (Å²) in [6, 6.07) is 12.2. The van der Waals surface area contributed by atoms with E-state index in [1.807, 2.05) is 38.1 Å². The van der Waals surface area contributed by atoms with Gasteiger partial charge in [-0.1, -0.05) is 19.1 Å². The number of benzene rings is 2. The predicted octanol–water partition coefficient (Wildman–Crippen LogP) is 3.46. The van der Waals surface area contributed by atoms with Crippen LogP contribution >= 0.6 is 0 Å². The van der Waals surface area contributed by atoms with Crippen molar-refractivity contribution in [1.29, 1.82) is 0 Å². The summed E-state index contributed by atoms with van der Waals surface area (Å²) in [4.78, 5) is 0.198. The van der Waals surface area contributed by atoms with E-state index in [0.717, 1.165) is 17.5 Å². The minimum Gasteiger partial charge on any atom is -0.497 e. The highest BCUT2D eigenvalue weighted by Crippen LogP contribution is 2.24. The molecule has 1 unspecified atom stereocenters. The van der Waals surface area contributed by atoms with Gasteiger partial charge in [0.05, 0.1) is 24.7 Å². The van der Waals surface area contributed by atoms with Crippen molar-refractivity contribution in [3.05, 3.63) is 53.6 Å². The molecule has 2 rings (SSSR count). The lowest BCUT2D eigenvalue weighted by Gasteiger charge is -2.18. The van der Waals surface area contributed by atoms with Crippen molar-refractivity contribution in [2.24, 2.45) is 0 Å². The van der Waals surface area contributed by atoms with Crippen molar-refractivity contribution in [3.63, 3.8) is 0 Å². The standard InChI is InChI=1S/C20H27NO5S/c1-5-11-26-19-10-9-18(12-15(19)2)27(22,23)21-14-20(25-4)16-7-6-8-17(13-16)24-3/h6-10,12-13,20-21H,5,11,14H2,1-4H3.